The van der Waals surface area contributed by atoms with E-state index in [1.807, 2.05) is 32.0 Å². The molecule has 27 heavy (non-hydrogen) atoms. The zero-order chi connectivity index (χ0) is 20.4. The maximum Gasteiger partial charge on any atom is 0.423 e. The third kappa shape index (κ3) is 4.75. The average Bonchev–Trinajstić information content (AvgIpc) is 2.56. The van der Waals surface area contributed by atoms with E-state index in [-0.39, 0.29) is 12.2 Å². The lowest BCUT2D eigenvalue weighted by atomic mass is 10.1. The molecule has 0 spiro atoms. The largest absolute Gasteiger partial charge is 0.423 e. The molecule has 2 rings (SSSR count). The molecule has 0 aliphatic heterocycles. The number of amides is 1. The number of rotatable bonds is 5. The number of nitro groups is 1. The van der Waals surface area contributed by atoms with Crippen LogP contribution >= 0.6 is 0 Å². The van der Waals surface area contributed by atoms with Crippen LogP contribution in [0.15, 0.2) is 36.4 Å². The third-order valence-corrected chi connectivity index (χ3v) is 4.05. The van der Waals surface area contributed by atoms with E-state index in [1.54, 1.807) is 0 Å². The predicted octanol–water partition coefficient (Wildman–Crippen LogP) is 4.31. The Morgan fingerprint density at radius 2 is 1.78 bits per heavy atom. The number of carbonyl (C=O) groups is 1. The van der Waals surface area contributed by atoms with E-state index in [9.17, 15) is 28.1 Å². The number of hydrogen-bond donors (Lipinski definition) is 1. The minimum atomic E-state index is -4.88. The number of nitrogens with zero attached hydrogens (tertiary/aromatic N) is 2. The molecule has 0 aliphatic carbocycles. The van der Waals surface area contributed by atoms with Crippen LogP contribution in [0.1, 0.15) is 16.7 Å². The lowest BCUT2D eigenvalue weighted by molar-refractivity contribution is -0.388. The highest BCUT2D eigenvalue weighted by atomic mass is 19.4. The summed E-state index contributed by atoms with van der Waals surface area (Å²) in [6.45, 7) is 3.44. The Morgan fingerprint density at radius 3 is 2.30 bits per heavy atom. The topological polar surface area (TPSA) is 75.5 Å². The summed E-state index contributed by atoms with van der Waals surface area (Å²) in [5, 5.41) is 13.6. The Kier molecular flexibility index (Phi) is 5.72. The van der Waals surface area contributed by atoms with Gasteiger partial charge in [-0.15, -0.1) is 0 Å². The zero-order valence-electron chi connectivity index (χ0n) is 14.9. The van der Waals surface area contributed by atoms with Crippen molar-refractivity contribution >= 4 is 23.0 Å². The van der Waals surface area contributed by atoms with Crippen LogP contribution in [0.25, 0.3) is 0 Å². The van der Waals surface area contributed by atoms with E-state index in [1.165, 1.54) is 18.0 Å². The van der Waals surface area contributed by atoms with E-state index in [0.717, 1.165) is 17.2 Å². The van der Waals surface area contributed by atoms with Crippen molar-refractivity contribution in [3.8, 4) is 0 Å². The first-order valence-electron chi connectivity index (χ1n) is 7.93. The van der Waals surface area contributed by atoms with Crippen LogP contribution in [0.3, 0.4) is 0 Å². The summed E-state index contributed by atoms with van der Waals surface area (Å²) >= 11 is 0. The molecule has 0 saturated heterocycles. The summed E-state index contributed by atoms with van der Waals surface area (Å²) in [7, 11) is 1.44. The van der Waals surface area contributed by atoms with Crippen LogP contribution in [0, 0.1) is 24.0 Å². The molecule has 0 bridgehead atoms. The molecular weight excluding hydrogens is 363 g/mol. The molecule has 0 saturated carbocycles. The number of aryl methyl sites for hydroxylation is 2. The predicted molar refractivity (Wildman–Crippen MR) is 95.9 cm³/mol. The Hall–Kier alpha value is -3.10. The summed E-state index contributed by atoms with van der Waals surface area (Å²) in [5.74, 6) is -0.415. The zero-order valence-corrected chi connectivity index (χ0v) is 14.9. The molecule has 144 valence electrons. The number of anilines is 2. The fourth-order valence-corrected chi connectivity index (χ4v) is 2.64. The van der Waals surface area contributed by atoms with Gasteiger partial charge in [-0.1, -0.05) is 18.2 Å². The van der Waals surface area contributed by atoms with Crippen molar-refractivity contribution in [2.24, 2.45) is 0 Å². The number of para-hydroxylation sites is 1. The maximum absolute atomic E-state index is 13.1. The summed E-state index contributed by atoms with van der Waals surface area (Å²) in [6.07, 6.45) is -4.88. The van der Waals surface area contributed by atoms with Crippen molar-refractivity contribution in [2.45, 2.75) is 20.0 Å². The first kappa shape index (κ1) is 20.2. The Bertz CT molecular complexity index is 862. The van der Waals surface area contributed by atoms with Gasteiger partial charge in [-0.05, 0) is 37.1 Å². The Morgan fingerprint density at radius 1 is 1.19 bits per heavy atom. The van der Waals surface area contributed by atoms with Crippen molar-refractivity contribution in [1.29, 1.82) is 0 Å². The number of likely N-dealkylation sites (N-methyl/N-ethyl adjacent to an activating group) is 1. The van der Waals surface area contributed by atoms with Crippen LogP contribution in [-0.2, 0) is 11.0 Å². The first-order chi connectivity index (χ1) is 12.5. The second-order valence-corrected chi connectivity index (χ2v) is 6.13. The third-order valence-electron chi connectivity index (χ3n) is 4.05. The van der Waals surface area contributed by atoms with Crippen molar-refractivity contribution < 1.29 is 22.9 Å². The van der Waals surface area contributed by atoms with E-state index >= 15 is 0 Å². The van der Waals surface area contributed by atoms with E-state index in [2.05, 4.69) is 5.32 Å². The van der Waals surface area contributed by atoms with Crippen molar-refractivity contribution in [3.05, 3.63) is 63.2 Å². The molecule has 1 N–H and O–H groups in total. The van der Waals surface area contributed by atoms with Gasteiger partial charge in [0.15, 0.2) is 0 Å². The van der Waals surface area contributed by atoms with Gasteiger partial charge in [-0.2, -0.15) is 13.2 Å². The first-order valence-corrected chi connectivity index (χ1v) is 7.93. The fraction of sp³-hybridized carbons (Fsp3) is 0.278. The summed E-state index contributed by atoms with van der Waals surface area (Å²) in [6, 6.07) is 8.15. The number of halogens is 3. The smallest absolute Gasteiger partial charge is 0.365 e. The number of nitrogens with one attached hydrogen (secondary N) is 1. The number of alkyl halides is 3. The summed E-state index contributed by atoms with van der Waals surface area (Å²) in [4.78, 5) is 23.3. The molecule has 0 heterocycles. The van der Waals surface area contributed by atoms with Crippen molar-refractivity contribution in [1.82, 2.24) is 0 Å². The molecule has 0 atom stereocenters. The molecule has 0 aliphatic rings. The quantitative estimate of drug-likeness (QED) is 0.619. The van der Waals surface area contributed by atoms with Crippen LogP contribution in [-0.4, -0.2) is 24.4 Å². The van der Waals surface area contributed by atoms with Crippen LogP contribution in [0.2, 0.25) is 0 Å². The fourth-order valence-electron chi connectivity index (χ4n) is 2.64. The highest BCUT2D eigenvalue weighted by Crippen LogP contribution is 2.38. The van der Waals surface area contributed by atoms with E-state index < -0.39 is 28.3 Å². The number of benzene rings is 2. The lowest BCUT2D eigenvalue weighted by Crippen LogP contribution is -2.30. The second-order valence-electron chi connectivity index (χ2n) is 6.13. The average molecular weight is 381 g/mol. The standard InChI is InChI=1S/C18H18F3N3O3/c1-11-5-4-6-12(2)17(11)22-16(25)10-23(3)13-7-8-15(24(26)27)14(9-13)18(19,20)21/h4-9H,10H2,1-3H3,(H,22,25). The number of carbonyl (C=O) groups excluding carboxylic acids is 1. The molecular formula is C18H18F3N3O3. The van der Waals surface area contributed by atoms with Gasteiger partial charge < -0.3 is 10.2 Å². The molecule has 1 amide bonds. The monoisotopic (exact) mass is 381 g/mol. The van der Waals surface area contributed by atoms with Crippen molar-refractivity contribution in [3.63, 3.8) is 0 Å². The van der Waals surface area contributed by atoms with E-state index in [4.69, 9.17) is 0 Å². The molecule has 6 nitrogen and oxygen atoms in total. The van der Waals surface area contributed by atoms with Gasteiger partial charge in [0.25, 0.3) is 5.69 Å². The highest BCUT2D eigenvalue weighted by molar-refractivity contribution is 5.95. The summed E-state index contributed by atoms with van der Waals surface area (Å²) < 4.78 is 39.3. The van der Waals surface area contributed by atoms with Gasteiger partial charge in [-0.3, -0.25) is 14.9 Å². The highest BCUT2D eigenvalue weighted by Gasteiger charge is 2.38. The second kappa shape index (κ2) is 7.65. The van der Waals surface area contributed by atoms with Gasteiger partial charge in [0.05, 0.1) is 11.5 Å². The summed E-state index contributed by atoms with van der Waals surface area (Å²) in [5.41, 5.74) is 0.0354. The van der Waals surface area contributed by atoms with Crippen molar-refractivity contribution in [2.75, 3.05) is 23.8 Å². The normalized spacial score (nSPS) is 11.2. The molecule has 0 radical (unpaired) electrons. The van der Waals surface area contributed by atoms with Gasteiger partial charge >= 0.3 is 6.18 Å². The van der Waals surface area contributed by atoms with Crippen LogP contribution in [0.4, 0.5) is 30.2 Å². The minimum Gasteiger partial charge on any atom is -0.365 e. The molecule has 0 aromatic heterocycles. The molecule has 0 unspecified atom stereocenters. The Labute approximate surface area is 153 Å². The Balaban J connectivity index is 2.21. The van der Waals surface area contributed by atoms with E-state index in [0.29, 0.717) is 11.8 Å². The molecule has 2 aromatic rings. The SMILES string of the molecule is Cc1cccc(C)c1NC(=O)CN(C)c1ccc([N+](=O)[O-])c(C(F)(F)F)c1. The molecule has 9 heteroatoms. The lowest BCUT2D eigenvalue weighted by Gasteiger charge is -2.21. The number of hydrogen-bond acceptors (Lipinski definition) is 4. The molecule has 2 aromatic carbocycles. The minimum absolute atomic E-state index is 0.0459. The molecule has 0 fully saturated rings. The van der Waals surface area contributed by atoms with Gasteiger partial charge in [0, 0.05) is 24.5 Å². The van der Waals surface area contributed by atoms with Crippen LogP contribution in [0.5, 0.6) is 0 Å². The van der Waals surface area contributed by atoms with Gasteiger partial charge in [0.2, 0.25) is 5.91 Å². The number of nitro benzene ring substituents is 1. The van der Waals surface area contributed by atoms with Crippen LogP contribution < -0.4 is 10.2 Å². The van der Waals surface area contributed by atoms with Gasteiger partial charge in [0.1, 0.15) is 5.56 Å². The van der Waals surface area contributed by atoms with Gasteiger partial charge in [-0.25, -0.2) is 0 Å². The maximum atomic E-state index is 13.1.